The lowest BCUT2D eigenvalue weighted by Crippen LogP contribution is -2.46. The van der Waals surface area contributed by atoms with Gasteiger partial charge in [0.2, 0.25) is 0 Å². The molecule has 2 aliphatic heterocycles. The number of para-hydroxylation sites is 3. The molecule has 3 heterocycles. The van der Waals surface area contributed by atoms with Crippen LogP contribution in [0, 0.1) is 13.8 Å². The molecule has 0 saturated heterocycles. The van der Waals surface area contributed by atoms with E-state index < -0.39 is 0 Å². The molecule has 39 heavy (non-hydrogen) atoms. The summed E-state index contributed by atoms with van der Waals surface area (Å²) < 4.78 is 1.93. The number of halogens is 1. The number of hydrogen-bond acceptors (Lipinski definition) is 5. The van der Waals surface area contributed by atoms with Crippen molar-refractivity contribution in [2.75, 3.05) is 10.2 Å². The summed E-state index contributed by atoms with van der Waals surface area (Å²) in [7, 11) is 0. The molecule has 190 valence electrons. The van der Waals surface area contributed by atoms with Crippen LogP contribution < -0.4 is 10.2 Å². The molecule has 2 aliphatic rings. The van der Waals surface area contributed by atoms with Gasteiger partial charge in [-0.25, -0.2) is 14.7 Å². The molecular weight excluding hydrogens is 504 g/mol. The van der Waals surface area contributed by atoms with Crippen molar-refractivity contribution in [2.24, 2.45) is 9.98 Å². The number of nitrogens with one attached hydrogen (secondary N) is 1. The predicted molar refractivity (Wildman–Crippen MR) is 160 cm³/mol. The molecule has 1 aromatic heterocycles. The molecule has 0 bridgehead atoms. The van der Waals surface area contributed by atoms with E-state index in [2.05, 4.69) is 66.5 Å². The summed E-state index contributed by atoms with van der Waals surface area (Å²) in [6, 6.07) is 34.5. The van der Waals surface area contributed by atoms with Crippen LogP contribution in [0.15, 0.2) is 113 Å². The van der Waals surface area contributed by atoms with Gasteiger partial charge in [0.05, 0.1) is 28.8 Å². The van der Waals surface area contributed by atoms with Crippen molar-refractivity contribution in [2.45, 2.75) is 19.9 Å². The molecule has 0 amide bonds. The Bertz CT molecular complexity index is 1750. The molecule has 0 aliphatic carbocycles. The van der Waals surface area contributed by atoms with E-state index >= 15 is 0 Å². The Morgan fingerprint density at radius 1 is 0.769 bits per heavy atom. The quantitative estimate of drug-likeness (QED) is 0.258. The van der Waals surface area contributed by atoms with Crippen molar-refractivity contribution in [1.82, 2.24) is 9.78 Å². The van der Waals surface area contributed by atoms with Crippen LogP contribution >= 0.6 is 11.6 Å². The van der Waals surface area contributed by atoms with Gasteiger partial charge in [0.1, 0.15) is 0 Å². The van der Waals surface area contributed by atoms with E-state index in [1.165, 1.54) is 5.56 Å². The number of aliphatic imine (C=N–C) groups is 2. The minimum absolute atomic E-state index is 0.186. The minimum Gasteiger partial charge on any atom is -0.337 e. The number of hydrogen-bond donors (Lipinski definition) is 1. The van der Waals surface area contributed by atoms with E-state index in [1.807, 2.05) is 65.3 Å². The summed E-state index contributed by atoms with van der Waals surface area (Å²) in [6.45, 7) is 4.13. The highest BCUT2D eigenvalue weighted by atomic mass is 35.5. The van der Waals surface area contributed by atoms with Crippen LogP contribution in [-0.4, -0.2) is 21.5 Å². The highest BCUT2D eigenvalue weighted by Crippen LogP contribution is 2.48. The van der Waals surface area contributed by atoms with Gasteiger partial charge in [-0.2, -0.15) is 5.10 Å². The maximum atomic E-state index is 6.33. The number of fused-ring (bicyclic) bond motifs is 4. The van der Waals surface area contributed by atoms with Crippen LogP contribution in [0.5, 0.6) is 0 Å². The molecule has 6 nitrogen and oxygen atoms in total. The summed E-state index contributed by atoms with van der Waals surface area (Å²) in [5.41, 5.74) is 8.03. The SMILES string of the molecule is Cc1ccc(NC2=Nc3ccccc3N3C2=Nc2c(c(C)nn2-c2ccccc2)C3c2ccc(Cl)cc2)cc1. The molecule has 1 unspecified atom stereocenters. The number of benzene rings is 4. The number of rotatable bonds is 3. The van der Waals surface area contributed by atoms with Gasteiger partial charge in [-0.3, -0.25) is 0 Å². The van der Waals surface area contributed by atoms with Crippen LogP contribution in [0.4, 0.5) is 22.9 Å². The largest absolute Gasteiger partial charge is 0.337 e. The van der Waals surface area contributed by atoms with Gasteiger partial charge < -0.3 is 10.2 Å². The molecule has 1 atom stereocenters. The summed E-state index contributed by atoms with van der Waals surface area (Å²) in [5, 5.41) is 9.23. The fourth-order valence-electron chi connectivity index (χ4n) is 5.28. The van der Waals surface area contributed by atoms with E-state index in [1.54, 1.807) is 0 Å². The maximum Gasteiger partial charge on any atom is 0.179 e. The van der Waals surface area contributed by atoms with Gasteiger partial charge in [-0.15, -0.1) is 0 Å². The first-order valence-corrected chi connectivity index (χ1v) is 13.2. The van der Waals surface area contributed by atoms with E-state index in [9.17, 15) is 0 Å². The van der Waals surface area contributed by atoms with E-state index in [0.717, 1.165) is 51.2 Å². The van der Waals surface area contributed by atoms with Crippen molar-refractivity contribution in [3.05, 3.63) is 131 Å². The fourth-order valence-corrected chi connectivity index (χ4v) is 5.41. The number of aryl methyl sites for hydroxylation is 2. The van der Waals surface area contributed by atoms with Gasteiger partial charge in [-0.1, -0.05) is 71.8 Å². The third-order valence-electron chi connectivity index (χ3n) is 7.14. The topological polar surface area (TPSA) is 57.8 Å². The third kappa shape index (κ3) is 4.01. The van der Waals surface area contributed by atoms with Gasteiger partial charge >= 0.3 is 0 Å². The Balaban J connectivity index is 1.49. The van der Waals surface area contributed by atoms with E-state index in [0.29, 0.717) is 10.9 Å². The highest BCUT2D eigenvalue weighted by molar-refractivity contribution is 6.51. The Morgan fingerprint density at radius 3 is 2.26 bits per heavy atom. The Morgan fingerprint density at radius 2 is 1.49 bits per heavy atom. The molecule has 0 fully saturated rings. The maximum absolute atomic E-state index is 6.33. The number of anilines is 2. The second-order valence-electron chi connectivity index (χ2n) is 9.77. The first kappa shape index (κ1) is 23.4. The molecule has 7 heteroatoms. The Kier molecular flexibility index (Phi) is 5.56. The fraction of sp³-hybridized carbons (Fsp3) is 0.0938. The summed E-state index contributed by atoms with van der Waals surface area (Å²) in [4.78, 5) is 12.6. The first-order valence-electron chi connectivity index (χ1n) is 12.9. The molecule has 4 aromatic carbocycles. The van der Waals surface area contributed by atoms with Crippen LogP contribution in [-0.2, 0) is 0 Å². The molecule has 5 aromatic rings. The normalized spacial score (nSPS) is 15.6. The standard InChI is InChI=1S/C32H25ClN6/c1-20-12-18-24(19-13-20)34-30-32-36-31-28(21(2)37-39(31)25-8-4-3-5-9-25)29(22-14-16-23(33)17-15-22)38(32)27-11-7-6-10-26(27)35-30/h3-19,29H,1-2H3,(H,34,35). The monoisotopic (exact) mass is 528 g/mol. The van der Waals surface area contributed by atoms with E-state index in [-0.39, 0.29) is 6.04 Å². The first-order chi connectivity index (χ1) is 19.1. The summed E-state index contributed by atoms with van der Waals surface area (Å²) >= 11 is 6.33. The minimum atomic E-state index is -0.186. The zero-order valence-electron chi connectivity index (χ0n) is 21.5. The molecule has 1 N–H and O–H groups in total. The zero-order valence-corrected chi connectivity index (χ0v) is 22.3. The average molecular weight is 529 g/mol. The Labute approximate surface area is 231 Å². The van der Waals surface area contributed by atoms with Gasteiger partial charge in [-0.05, 0) is 67.9 Å². The van der Waals surface area contributed by atoms with Gasteiger partial charge in [0.25, 0.3) is 0 Å². The van der Waals surface area contributed by atoms with Crippen molar-refractivity contribution in [1.29, 1.82) is 0 Å². The smallest absolute Gasteiger partial charge is 0.179 e. The molecule has 0 radical (unpaired) electrons. The van der Waals surface area contributed by atoms with Crippen molar-refractivity contribution in [3.63, 3.8) is 0 Å². The molecule has 7 rings (SSSR count). The molecule has 0 spiro atoms. The average Bonchev–Trinajstić information content (AvgIpc) is 3.30. The van der Waals surface area contributed by atoms with E-state index in [4.69, 9.17) is 26.7 Å². The highest BCUT2D eigenvalue weighted by Gasteiger charge is 2.41. The van der Waals surface area contributed by atoms with Crippen LogP contribution in [0.1, 0.15) is 28.4 Å². The van der Waals surface area contributed by atoms with Gasteiger partial charge in [0.15, 0.2) is 17.5 Å². The van der Waals surface area contributed by atoms with Crippen molar-refractivity contribution < 1.29 is 0 Å². The lowest BCUT2D eigenvalue weighted by molar-refractivity contribution is 0.815. The molecule has 0 saturated carbocycles. The second-order valence-corrected chi connectivity index (χ2v) is 10.2. The van der Waals surface area contributed by atoms with Crippen molar-refractivity contribution >= 4 is 46.2 Å². The number of aromatic nitrogens is 2. The van der Waals surface area contributed by atoms with Gasteiger partial charge in [0, 0.05) is 16.3 Å². The van der Waals surface area contributed by atoms with Crippen LogP contribution in [0.25, 0.3) is 5.69 Å². The van der Waals surface area contributed by atoms with Crippen LogP contribution in [0.3, 0.4) is 0 Å². The summed E-state index contributed by atoms with van der Waals surface area (Å²) in [5.74, 6) is 2.21. The predicted octanol–water partition coefficient (Wildman–Crippen LogP) is 7.94. The lowest BCUT2D eigenvalue weighted by atomic mass is 9.93. The second kappa shape index (κ2) is 9.26. The number of amidine groups is 2. The number of nitrogens with zero attached hydrogens (tertiary/aromatic N) is 5. The molecular formula is C32H25ClN6. The Hall–Kier alpha value is -4.68. The van der Waals surface area contributed by atoms with Crippen molar-refractivity contribution in [3.8, 4) is 5.69 Å². The lowest BCUT2D eigenvalue weighted by Gasteiger charge is -2.40. The van der Waals surface area contributed by atoms with Crippen LogP contribution in [0.2, 0.25) is 5.02 Å². The zero-order chi connectivity index (χ0) is 26.5. The third-order valence-corrected chi connectivity index (χ3v) is 7.39. The summed E-state index contributed by atoms with van der Waals surface area (Å²) in [6.07, 6.45) is 0.